The van der Waals surface area contributed by atoms with Crippen molar-refractivity contribution in [3.05, 3.63) is 24.4 Å². The Labute approximate surface area is 100 Å². The summed E-state index contributed by atoms with van der Waals surface area (Å²) in [4.78, 5) is 16.2. The molecule has 0 saturated heterocycles. The molecule has 0 radical (unpaired) electrons. The summed E-state index contributed by atoms with van der Waals surface area (Å²) in [5.74, 6) is 0.282. The Bertz CT molecular complexity index is 393. The Hall–Kier alpha value is -1.49. The van der Waals surface area contributed by atoms with Crippen molar-refractivity contribution in [3.8, 4) is 0 Å². The SMILES string of the molecule is CCC(C)(C(=O)Nc1ccccn1)C(N)=S. The topological polar surface area (TPSA) is 68.0 Å². The maximum atomic E-state index is 12.0. The Balaban J connectivity index is 2.83. The second-order valence-corrected chi connectivity index (χ2v) is 4.16. The minimum Gasteiger partial charge on any atom is -0.392 e. The molecule has 1 atom stereocenters. The van der Waals surface area contributed by atoms with Crippen LogP contribution in [0, 0.1) is 5.41 Å². The number of rotatable bonds is 4. The molecule has 1 unspecified atom stereocenters. The third kappa shape index (κ3) is 2.55. The molecule has 0 aromatic carbocycles. The van der Waals surface area contributed by atoms with Crippen LogP contribution in [-0.4, -0.2) is 15.9 Å². The van der Waals surface area contributed by atoms with Gasteiger partial charge in [0.2, 0.25) is 5.91 Å². The van der Waals surface area contributed by atoms with Gasteiger partial charge in [-0.2, -0.15) is 0 Å². The molecule has 86 valence electrons. The molecule has 5 heteroatoms. The molecule has 1 aromatic heterocycles. The molecule has 4 nitrogen and oxygen atoms in total. The maximum Gasteiger partial charge on any atom is 0.238 e. The number of thiocarbonyl (C=S) groups is 1. The van der Waals surface area contributed by atoms with Gasteiger partial charge in [0.1, 0.15) is 5.82 Å². The number of carbonyl (C=O) groups excluding carboxylic acids is 1. The van der Waals surface area contributed by atoms with Crippen LogP contribution in [0.25, 0.3) is 0 Å². The van der Waals surface area contributed by atoms with Gasteiger partial charge in [-0.05, 0) is 25.5 Å². The van der Waals surface area contributed by atoms with Gasteiger partial charge in [0, 0.05) is 6.20 Å². The number of hydrogen-bond acceptors (Lipinski definition) is 3. The molecule has 0 aliphatic carbocycles. The fourth-order valence-electron chi connectivity index (χ4n) is 1.14. The quantitative estimate of drug-likeness (QED) is 0.782. The highest BCUT2D eigenvalue weighted by atomic mass is 32.1. The van der Waals surface area contributed by atoms with E-state index in [9.17, 15) is 4.79 Å². The van der Waals surface area contributed by atoms with E-state index >= 15 is 0 Å². The molecular weight excluding hydrogens is 222 g/mol. The first-order valence-corrected chi connectivity index (χ1v) is 5.44. The molecule has 1 rings (SSSR count). The minimum atomic E-state index is -0.827. The van der Waals surface area contributed by atoms with Crippen LogP contribution in [0.15, 0.2) is 24.4 Å². The first-order chi connectivity index (χ1) is 7.50. The van der Waals surface area contributed by atoms with Crippen LogP contribution in [0.1, 0.15) is 20.3 Å². The number of nitrogens with two attached hydrogens (primary N) is 1. The number of aromatic nitrogens is 1. The number of nitrogens with zero attached hydrogens (tertiary/aromatic N) is 1. The van der Waals surface area contributed by atoms with E-state index in [1.54, 1.807) is 31.3 Å². The molecule has 16 heavy (non-hydrogen) atoms. The van der Waals surface area contributed by atoms with Crippen molar-refractivity contribution in [2.24, 2.45) is 11.1 Å². The van der Waals surface area contributed by atoms with Gasteiger partial charge in [-0.3, -0.25) is 4.79 Å². The average molecular weight is 237 g/mol. The molecule has 1 heterocycles. The fraction of sp³-hybridized carbons (Fsp3) is 0.364. The Kier molecular flexibility index (Phi) is 3.95. The van der Waals surface area contributed by atoms with Crippen molar-refractivity contribution in [3.63, 3.8) is 0 Å². The summed E-state index contributed by atoms with van der Waals surface area (Å²) < 4.78 is 0. The molecule has 0 aliphatic heterocycles. The largest absolute Gasteiger partial charge is 0.392 e. The first kappa shape index (κ1) is 12.6. The van der Waals surface area contributed by atoms with Gasteiger partial charge in [-0.15, -0.1) is 0 Å². The molecule has 3 N–H and O–H groups in total. The zero-order chi connectivity index (χ0) is 12.2. The predicted molar refractivity (Wildman–Crippen MR) is 68.1 cm³/mol. The average Bonchev–Trinajstić information content (AvgIpc) is 2.28. The Morgan fingerprint density at radius 1 is 1.62 bits per heavy atom. The van der Waals surface area contributed by atoms with Crippen molar-refractivity contribution in [2.75, 3.05) is 5.32 Å². The summed E-state index contributed by atoms with van der Waals surface area (Å²) in [5.41, 5.74) is 4.76. The number of hydrogen-bond donors (Lipinski definition) is 2. The minimum absolute atomic E-state index is 0.198. The van der Waals surface area contributed by atoms with E-state index in [0.29, 0.717) is 12.2 Å². The zero-order valence-electron chi connectivity index (χ0n) is 9.36. The van der Waals surface area contributed by atoms with Crippen LogP contribution in [0.4, 0.5) is 5.82 Å². The Morgan fingerprint density at radius 3 is 2.75 bits per heavy atom. The molecule has 1 aromatic rings. The fourth-order valence-corrected chi connectivity index (χ4v) is 1.37. The van der Waals surface area contributed by atoms with Crippen LogP contribution in [-0.2, 0) is 4.79 Å². The number of carbonyl (C=O) groups is 1. The summed E-state index contributed by atoms with van der Waals surface area (Å²) in [6.45, 7) is 3.60. The van der Waals surface area contributed by atoms with Gasteiger partial charge in [0.05, 0.1) is 10.4 Å². The molecule has 1 amide bonds. The molecule has 0 saturated carbocycles. The van der Waals surface area contributed by atoms with E-state index in [1.165, 1.54) is 0 Å². The third-order valence-corrected chi connectivity index (χ3v) is 3.11. The van der Waals surface area contributed by atoms with Gasteiger partial charge >= 0.3 is 0 Å². The Morgan fingerprint density at radius 2 is 2.31 bits per heavy atom. The monoisotopic (exact) mass is 237 g/mol. The molecule has 0 spiro atoms. The lowest BCUT2D eigenvalue weighted by Crippen LogP contribution is -2.43. The van der Waals surface area contributed by atoms with Crippen molar-refractivity contribution >= 4 is 28.9 Å². The summed E-state index contributed by atoms with van der Waals surface area (Å²) in [6.07, 6.45) is 2.17. The second-order valence-electron chi connectivity index (χ2n) is 3.72. The number of nitrogens with one attached hydrogen (secondary N) is 1. The highest BCUT2D eigenvalue weighted by Gasteiger charge is 2.34. The van der Waals surface area contributed by atoms with Gasteiger partial charge in [-0.1, -0.05) is 25.2 Å². The number of amides is 1. The van der Waals surface area contributed by atoms with E-state index in [2.05, 4.69) is 10.3 Å². The highest BCUT2D eigenvalue weighted by molar-refractivity contribution is 7.80. The second kappa shape index (κ2) is 5.03. The molecule has 0 bridgehead atoms. The standard InChI is InChI=1S/C11H15N3OS/c1-3-11(2,9(12)16)10(15)14-8-6-4-5-7-13-8/h4-7H,3H2,1-2H3,(H2,12,16)(H,13,14,15). The third-order valence-electron chi connectivity index (χ3n) is 2.66. The summed E-state index contributed by atoms with van der Waals surface area (Å²) in [6, 6.07) is 5.29. The van der Waals surface area contributed by atoms with Gasteiger partial charge in [0.25, 0.3) is 0 Å². The number of pyridine rings is 1. The highest BCUT2D eigenvalue weighted by Crippen LogP contribution is 2.23. The summed E-state index contributed by atoms with van der Waals surface area (Å²) >= 11 is 4.92. The van der Waals surface area contributed by atoms with Crippen LogP contribution >= 0.6 is 12.2 Å². The van der Waals surface area contributed by atoms with E-state index in [0.717, 1.165) is 0 Å². The van der Waals surface area contributed by atoms with Crippen molar-refractivity contribution in [2.45, 2.75) is 20.3 Å². The predicted octanol–water partition coefficient (Wildman–Crippen LogP) is 1.72. The van der Waals surface area contributed by atoms with Crippen molar-refractivity contribution < 1.29 is 4.79 Å². The van der Waals surface area contributed by atoms with E-state index < -0.39 is 5.41 Å². The normalized spacial score (nSPS) is 13.9. The van der Waals surface area contributed by atoms with Crippen LogP contribution in [0.3, 0.4) is 0 Å². The van der Waals surface area contributed by atoms with E-state index in [-0.39, 0.29) is 10.9 Å². The summed E-state index contributed by atoms with van der Waals surface area (Å²) in [5, 5.41) is 2.70. The van der Waals surface area contributed by atoms with Gasteiger partial charge in [-0.25, -0.2) is 4.98 Å². The maximum absolute atomic E-state index is 12.0. The zero-order valence-corrected chi connectivity index (χ0v) is 10.2. The van der Waals surface area contributed by atoms with Crippen molar-refractivity contribution in [1.29, 1.82) is 0 Å². The van der Waals surface area contributed by atoms with E-state index in [4.69, 9.17) is 18.0 Å². The van der Waals surface area contributed by atoms with E-state index in [1.807, 2.05) is 6.92 Å². The smallest absolute Gasteiger partial charge is 0.238 e. The van der Waals surface area contributed by atoms with Crippen LogP contribution in [0.5, 0.6) is 0 Å². The van der Waals surface area contributed by atoms with Gasteiger partial charge in [0.15, 0.2) is 0 Å². The lowest BCUT2D eigenvalue weighted by molar-refractivity contribution is -0.121. The van der Waals surface area contributed by atoms with Crippen molar-refractivity contribution in [1.82, 2.24) is 4.98 Å². The molecular formula is C11H15N3OS. The lowest BCUT2D eigenvalue weighted by atomic mass is 9.86. The van der Waals surface area contributed by atoms with Crippen LogP contribution in [0.2, 0.25) is 0 Å². The lowest BCUT2D eigenvalue weighted by Gasteiger charge is -2.25. The first-order valence-electron chi connectivity index (χ1n) is 5.03. The van der Waals surface area contributed by atoms with Gasteiger partial charge < -0.3 is 11.1 Å². The molecule has 0 aliphatic rings. The van der Waals surface area contributed by atoms with Crippen LogP contribution < -0.4 is 11.1 Å². The molecule has 0 fully saturated rings. The summed E-state index contributed by atoms with van der Waals surface area (Å²) in [7, 11) is 0. The number of anilines is 1.